The SMILES string of the molecule is O=[As]([O-])[O-].[Cu+].[Cu+]. The summed E-state index contributed by atoms with van der Waals surface area (Å²) in [5, 5.41) is 0. The van der Waals surface area contributed by atoms with Gasteiger partial charge in [0.15, 0.2) is 0 Å². The van der Waals surface area contributed by atoms with E-state index < -0.39 is 15.3 Å². The van der Waals surface area contributed by atoms with E-state index in [4.69, 9.17) is 11.9 Å². The fourth-order valence-electron chi connectivity index (χ4n) is 0. The van der Waals surface area contributed by atoms with Crippen molar-refractivity contribution in [3.05, 3.63) is 0 Å². The molecule has 0 aromatic heterocycles. The molecule has 6 heavy (non-hydrogen) atoms. The van der Waals surface area contributed by atoms with Crippen molar-refractivity contribution in [1.82, 2.24) is 0 Å². The first-order valence-electron chi connectivity index (χ1n) is 0.548. The van der Waals surface area contributed by atoms with Crippen LogP contribution >= 0.6 is 0 Å². The molecule has 0 aromatic rings. The van der Waals surface area contributed by atoms with Gasteiger partial charge in [-0.15, -0.1) is 0 Å². The molecule has 0 amide bonds. The Morgan fingerprint density at radius 1 is 1.17 bits per heavy atom. The largest absolute Gasteiger partial charge is 1.00 e. The van der Waals surface area contributed by atoms with Crippen molar-refractivity contribution in [2.45, 2.75) is 0 Å². The van der Waals surface area contributed by atoms with Crippen LogP contribution in [0.25, 0.3) is 0 Å². The zero-order valence-electron chi connectivity index (χ0n) is 2.27. The maximum atomic E-state index is 8.56. The predicted molar refractivity (Wildman–Crippen MR) is 6.44 cm³/mol. The summed E-state index contributed by atoms with van der Waals surface area (Å²) in [4.78, 5) is 0. The first kappa shape index (κ1) is 15.7. The summed E-state index contributed by atoms with van der Waals surface area (Å²) in [6.45, 7) is 0. The zero-order valence-corrected chi connectivity index (χ0v) is 6.03. The van der Waals surface area contributed by atoms with Gasteiger partial charge < -0.3 is 0 Å². The molecule has 0 aromatic carbocycles. The molecule has 0 atom stereocenters. The van der Waals surface area contributed by atoms with Crippen LogP contribution in [0.3, 0.4) is 0 Å². The maximum Gasteiger partial charge on any atom is 1.00 e. The molecule has 0 saturated heterocycles. The minimum atomic E-state index is -3.94. The predicted octanol–water partition coefficient (Wildman–Crippen LogP) is -2.88. The Bertz CT molecular complexity index is 31.8. The van der Waals surface area contributed by atoms with Gasteiger partial charge in [-0.25, -0.2) is 0 Å². The van der Waals surface area contributed by atoms with E-state index in [-0.39, 0.29) is 34.1 Å². The molecule has 3 nitrogen and oxygen atoms in total. The van der Waals surface area contributed by atoms with Crippen molar-refractivity contribution in [3.8, 4) is 0 Å². The van der Waals surface area contributed by atoms with Gasteiger partial charge in [-0.2, -0.15) is 0 Å². The molecule has 0 bridgehead atoms. The molecule has 0 spiro atoms. The van der Waals surface area contributed by atoms with E-state index in [0.29, 0.717) is 0 Å². The van der Waals surface area contributed by atoms with Gasteiger partial charge in [0.1, 0.15) is 0 Å². The van der Waals surface area contributed by atoms with Crippen molar-refractivity contribution in [1.29, 1.82) is 0 Å². The Morgan fingerprint density at radius 2 is 1.17 bits per heavy atom. The third-order valence-electron chi connectivity index (χ3n) is 0. The van der Waals surface area contributed by atoms with Gasteiger partial charge in [-0.3, -0.25) is 0 Å². The van der Waals surface area contributed by atoms with Crippen LogP contribution < -0.4 is 8.19 Å². The molecule has 6 heteroatoms. The van der Waals surface area contributed by atoms with Crippen LogP contribution in [0.5, 0.6) is 0 Å². The smallest absolute Gasteiger partial charge is 1.00 e. The summed E-state index contributed by atoms with van der Waals surface area (Å²) < 4.78 is 25.7. The van der Waals surface area contributed by atoms with Crippen molar-refractivity contribution < 1.29 is 46.1 Å². The van der Waals surface area contributed by atoms with Crippen LogP contribution in [0.1, 0.15) is 0 Å². The van der Waals surface area contributed by atoms with Crippen LogP contribution in [0.15, 0.2) is 0 Å². The van der Waals surface area contributed by atoms with Crippen molar-refractivity contribution in [2.75, 3.05) is 0 Å². The minimum absolute atomic E-state index is 0. The number of rotatable bonds is 0. The number of hydrogen-bond acceptors (Lipinski definition) is 3. The fraction of sp³-hybridized carbons (Fsp3) is 0. The molecule has 0 saturated carbocycles. The van der Waals surface area contributed by atoms with E-state index in [9.17, 15) is 0 Å². The van der Waals surface area contributed by atoms with Crippen LogP contribution in [0.2, 0.25) is 0 Å². The van der Waals surface area contributed by atoms with Crippen LogP contribution in [-0.2, 0) is 37.9 Å². The third kappa shape index (κ3) is 57.1. The van der Waals surface area contributed by atoms with E-state index in [2.05, 4.69) is 0 Å². The normalized spacial score (nSPS) is 4.33. The van der Waals surface area contributed by atoms with Gasteiger partial charge >= 0.3 is 61.3 Å². The first-order valence-corrected chi connectivity index (χ1v) is 2.85. The topological polar surface area (TPSA) is 63.2 Å². The summed E-state index contributed by atoms with van der Waals surface area (Å²) >= 11 is -3.94. The fourth-order valence-corrected chi connectivity index (χ4v) is 0. The average molecular weight is 250 g/mol. The standard InChI is InChI=1S/AsO3.2Cu/c2-1(3)4;;/q-2;2*+1. The molecule has 0 heterocycles. The summed E-state index contributed by atoms with van der Waals surface area (Å²) in [5.74, 6) is 0. The quantitative estimate of drug-likeness (QED) is 0.434. The second-order valence-electron chi connectivity index (χ2n) is 0.224. The molecule has 0 unspecified atom stereocenters. The van der Waals surface area contributed by atoms with E-state index in [0.717, 1.165) is 0 Å². The van der Waals surface area contributed by atoms with Crippen molar-refractivity contribution in [3.63, 3.8) is 0 Å². The minimum Gasteiger partial charge on any atom is 1.00 e. The molecule has 0 aliphatic rings. The van der Waals surface area contributed by atoms with Gasteiger partial charge in [0.2, 0.25) is 0 Å². The third-order valence-corrected chi connectivity index (χ3v) is 0. The molecule has 1 radical (unpaired) electrons. The molecule has 0 aliphatic carbocycles. The first-order chi connectivity index (χ1) is 1.73. The Hall–Kier alpha value is 1.32. The van der Waals surface area contributed by atoms with E-state index in [1.165, 1.54) is 0 Å². The molecule has 45 valence electrons. The van der Waals surface area contributed by atoms with E-state index in [1.807, 2.05) is 0 Å². The number of hydrogen-bond donors (Lipinski definition) is 0. The zero-order chi connectivity index (χ0) is 3.58. The second kappa shape index (κ2) is 9.58. The maximum absolute atomic E-state index is 8.56. The van der Waals surface area contributed by atoms with Gasteiger partial charge in [-0.1, -0.05) is 0 Å². The molecule has 0 rings (SSSR count). The second-order valence-corrected chi connectivity index (χ2v) is 1.16. The summed E-state index contributed by atoms with van der Waals surface area (Å²) in [5.41, 5.74) is 0. The monoisotopic (exact) mass is 249 g/mol. The van der Waals surface area contributed by atoms with Crippen molar-refractivity contribution >= 4 is 15.3 Å². The molecule has 0 aliphatic heterocycles. The van der Waals surface area contributed by atoms with Crippen LogP contribution in [0.4, 0.5) is 0 Å². The van der Waals surface area contributed by atoms with Crippen LogP contribution in [0, 0.1) is 0 Å². The summed E-state index contributed by atoms with van der Waals surface area (Å²) in [6.07, 6.45) is 0. The summed E-state index contributed by atoms with van der Waals surface area (Å²) in [6, 6.07) is 0. The van der Waals surface area contributed by atoms with Gasteiger partial charge in [0.05, 0.1) is 0 Å². The molecular weight excluding hydrogens is 250 g/mol. The van der Waals surface area contributed by atoms with Crippen LogP contribution in [-0.4, -0.2) is 15.3 Å². The van der Waals surface area contributed by atoms with E-state index in [1.54, 1.807) is 0 Å². The Morgan fingerprint density at radius 3 is 1.17 bits per heavy atom. The molecule has 0 N–H and O–H groups in total. The Kier molecular flexibility index (Phi) is 25.0. The molecule has 0 fully saturated rings. The summed E-state index contributed by atoms with van der Waals surface area (Å²) in [7, 11) is 0. The van der Waals surface area contributed by atoms with Gasteiger partial charge in [-0.05, 0) is 0 Å². The average Bonchev–Trinajstić information content (AvgIpc) is 0.811. The molecular formula is AsCu2O3. The van der Waals surface area contributed by atoms with E-state index >= 15 is 0 Å². The van der Waals surface area contributed by atoms with Crippen molar-refractivity contribution in [2.24, 2.45) is 0 Å². The Labute approximate surface area is 61.3 Å². The van der Waals surface area contributed by atoms with Gasteiger partial charge in [0.25, 0.3) is 0 Å². The Balaban J connectivity index is -0.0000000450. The van der Waals surface area contributed by atoms with Gasteiger partial charge in [0, 0.05) is 0 Å².